The minimum Gasteiger partial charge on any atom is -0.497 e. The van der Waals surface area contributed by atoms with Gasteiger partial charge in [-0.05, 0) is 48.0 Å². The van der Waals surface area contributed by atoms with Gasteiger partial charge in [-0.25, -0.2) is 8.42 Å². The van der Waals surface area contributed by atoms with Gasteiger partial charge in [-0.2, -0.15) is 0 Å². The molecule has 0 heterocycles. The topological polar surface area (TPSA) is 123 Å². The molecule has 3 aromatic rings. The summed E-state index contributed by atoms with van der Waals surface area (Å²) in [6.45, 7) is 0. The Morgan fingerprint density at radius 1 is 0.765 bits per heavy atom. The number of benzene rings is 3. The third-order valence-corrected chi connectivity index (χ3v) is 5.56. The number of methoxy groups -OCH3 is 2. The molecule has 0 atom stereocenters. The molecular formula is C24H23N3O6S. The number of sulfonamides is 1. The van der Waals surface area contributed by atoms with Gasteiger partial charge < -0.3 is 9.47 Å². The molecule has 2 amide bonds. The molecule has 34 heavy (non-hydrogen) atoms. The Labute approximate surface area is 197 Å². The molecule has 10 heteroatoms. The van der Waals surface area contributed by atoms with Crippen molar-refractivity contribution in [2.24, 2.45) is 0 Å². The van der Waals surface area contributed by atoms with E-state index in [-0.39, 0.29) is 16.8 Å². The van der Waals surface area contributed by atoms with Crippen molar-refractivity contribution in [3.05, 3.63) is 94.9 Å². The molecule has 3 rings (SSSR count). The molecule has 0 aromatic heterocycles. The zero-order chi connectivity index (χ0) is 24.6. The van der Waals surface area contributed by atoms with Crippen LogP contribution in [-0.2, 0) is 10.0 Å². The molecule has 3 N–H and O–H groups in total. The maximum Gasteiger partial charge on any atom is 0.269 e. The van der Waals surface area contributed by atoms with Crippen molar-refractivity contribution in [1.29, 1.82) is 0 Å². The van der Waals surface area contributed by atoms with E-state index in [4.69, 9.17) is 9.47 Å². The molecule has 0 aliphatic carbocycles. The van der Waals surface area contributed by atoms with Gasteiger partial charge in [0.1, 0.15) is 11.5 Å². The number of ether oxygens (including phenoxy) is 2. The van der Waals surface area contributed by atoms with Crippen LogP contribution in [0.4, 0.5) is 5.69 Å². The highest BCUT2D eigenvalue weighted by Gasteiger charge is 2.13. The van der Waals surface area contributed by atoms with E-state index in [1.54, 1.807) is 30.3 Å². The van der Waals surface area contributed by atoms with E-state index in [1.807, 2.05) is 6.07 Å². The maximum atomic E-state index is 12.4. The highest BCUT2D eigenvalue weighted by atomic mass is 32.2. The average Bonchev–Trinajstić information content (AvgIpc) is 2.86. The predicted molar refractivity (Wildman–Crippen MR) is 129 cm³/mol. The fourth-order valence-electron chi connectivity index (χ4n) is 2.82. The van der Waals surface area contributed by atoms with E-state index in [9.17, 15) is 18.0 Å². The van der Waals surface area contributed by atoms with Crippen molar-refractivity contribution in [2.45, 2.75) is 0 Å². The number of carbonyl (C=O) groups excluding carboxylic acids is 2. The number of carbonyl (C=O) groups is 2. The van der Waals surface area contributed by atoms with Gasteiger partial charge in [-0.1, -0.05) is 30.3 Å². The fourth-order valence-corrected chi connectivity index (χ4v) is 3.69. The Morgan fingerprint density at radius 3 is 1.88 bits per heavy atom. The smallest absolute Gasteiger partial charge is 0.269 e. The molecule has 0 fully saturated rings. The summed E-state index contributed by atoms with van der Waals surface area (Å²) in [5.41, 5.74) is 6.09. The summed E-state index contributed by atoms with van der Waals surface area (Å²) in [6.07, 6.45) is 1.48. The number of hydrogen-bond donors (Lipinski definition) is 3. The zero-order valence-electron chi connectivity index (χ0n) is 18.4. The molecule has 0 spiro atoms. The molecule has 176 valence electrons. The quantitative estimate of drug-likeness (QED) is 0.425. The van der Waals surface area contributed by atoms with Crippen molar-refractivity contribution < 1.29 is 27.5 Å². The van der Waals surface area contributed by atoms with E-state index >= 15 is 0 Å². The highest BCUT2D eigenvalue weighted by molar-refractivity contribution is 7.95. The van der Waals surface area contributed by atoms with Gasteiger partial charge in [0.25, 0.3) is 21.8 Å². The first kappa shape index (κ1) is 24.3. The minimum absolute atomic E-state index is 0.214. The third-order valence-electron chi connectivity index (χ3n) is 4.55. The largest absolute Gasteiger partial charge is 0.497 e. The molecule has 0 bridgehead atoms. The van der Waals surface area contributed by atoms with Crippen LogP contribution in [0.15, 0.2) is 78.2 Å². The summed E-state index contributed by atoms with van der Waals surface area (Å²) < 4.78 is 37.2. The van der Waals surface area contributed by atoms with Gasteiger partial charge in [-0.3, -0.25) is 25.2 Å². The fraction of sp³-hybridized carbons (Fsp3) is 0.0833. The van der Waals surface area contributed by atoms with Crippen molar-refractivity contribution in [3.63, 3.8) is 0 Å². The van der Waals surface area contributed by atoms with Crippen LogP contribution in [0.2, 0.25) is 0 Å². The Balaban J connectivity index is 1.59. The van der Waals surface area contributed by atoms with E-state index < -0.39 is 21.8 Å². The number of hydrazine groups is 1. The van der Waals surface area contributed by atoms with Crippen LogP contribution >= 0.6 is 0 Å². The van der Waals surface area contributed by atoms with Crippen LogP contribution in [0.5, 0.6) is 11.5 Å². The summed E-state index contributed by atoms with van der Waals surface area (Å²) in [5, 5.41) is 1.06. The van der Waals surface area contributed by atoms with E-state index in [2.05, 4.69) is 15.6 Å². The second kappa shape index (κ2) is 11.0. The molecule has 0 radical (unpaired) electrons. The minimum atomic E-state index is -3.74. The first-order valence-corrected chi connectivity index (χ1v) is 11.5. The Bertz CT molecular complexity index is 1270. The van der Waals surface area contributed by atoms with E-state index in [0.29, 0.717) is 11.5 Å². The number of anilines is 1. The lowest BCUT2D eigenvalue weighted by atomic mass is 10.2. The summed E-state index contributed by atoms with van der Waals surface area (Å²) >= 11 is 0. The molecular weight excluding hydrogens is 458 g/mol. The normalized spacial score (nSPS) is 11.0. The summed E-state index contributed by atoms with van der Waals surface area (Å²) in [6, 6.07) is 19.4. The zero-order valence-corrected chi connectivity index (χ0v) is 19.3. The van der Waals surface area contributed by atoms with Crippen molar-refractivity contribution in [1.82, 2.24) is 10.9 Å². The van der Waals surface area contributed by atoms with Gasteiger partial charge in [0.05, 0.1) is 19.6 Å². The van der Waals surface area contributed by atoms with Gasteiger partial charge in [0.2, 0.25) is 0 Å². The monoisotopic (exact) mass is 481 g/mol. The molecule has 0 saturated carbocycles. The number of rotatable bonds is 8. The van der Waals surface area contributed by atoms with Crippen LogP contribution in [0.1, 0.15) is 26.3 Å². The number of amides is 2. The lowest BCUT2D eigenvalue weighted by Gasteiger charge is -2.10. The number of hydrogen-bond acceptors (Lipinski definition) is 6. The first-order valence-electron chi connectivity index (χ1n) is 9.99. The second-order valence-corrected chi connectivity index (χ2v) is 8.51. The van der Waals surface area contributed by atoms with Crippen molar-refractivity contribution >= 4 is 33.6 Å². The van der Waals surface area contributed by atoms with E-state index in [1.165, 1.54) is 56.7 Å². The van der Waals surface area contributed by atoms with Crippen LogP contribution in [0.3, 0.4) is 0 Å². The molecule has 0 aliphatic heterocycles. The van der Waals surface area contributed by atoms with Crippen molar-refractivity contribution in [2.75, 3.05) is 18.9 Å². The number of nitrogens with one attached hydrogen (secondary N) is 3. The molecule has 0 saturated heterocycles. The maximum absolute atomic E-state index is 12.4. The highest BCUT2D eigenvalue weighted by Crippen LogP contribution is 2.22. The molecule has 0 unspecified atom stereocenters. The van der Waals surface area contributed by atoms with Crippen molar-refractivity contribution in [3.8, 4) is 11.5 Å². The van der Waals surface area contributed by atoms with Gasteiger partial charge in [0, 0.05) is 22.9 Å². The Kier molecular flexibility index (Phi) is 7.88. The third kappa shape index (κ3) is 6.84. The van der Waals surface area contributed by atoms with Gasteiger partial charge in [0.15, 0.2) is 0 Å². The average molecular weight is 482 g/mol. The Hall–Kier alpha value is -4.31. The van der Waals surface area contributed by atoms with E-state index in [0.717, 1.165) is 11.0 Å². The lowest BCUT2D eigenvalue weighted by molar-refractivity contribution is 0.0846. The predicted octanol–water partition coefficient (Wildman–Crippen LogP) is 3.19. The first-order chi connectivity index (χ1) is 16.3. The lowest BCUT2D eigenvalue weighted by Crippen LogP contribution is -2.41. The standard InChI is InChI=1S/C24H23N3O6S/c1-32-21-14-19(15-22(16-21)33-2)24(29)26-25-23(28)18-8-10-20(11-9-18)27-34(30,31)13-12-17-6-4-3-5-7-17/h3-16,27H,1-2H3,(H,25,28)(H,26,29)/b13-12+. The van der Waals surface area contributed by atoms with Crippen LogP contribution in [0, 0.1) is 0 Å². The molecule has 9 nitrogen and oxygen atoms in total. The van der Waals surface area contributed by atoms with Crippen LogP contribution < -0.4 is 25.0 Å². The summed E-state index contributed by atoms with van der Waals surface area (Å²) in [7, 11) is -0.818. The van der Waals surface area contributed by atoms with Gasteiger partial charge in [-0.15, -0.1) is 0 Å². The second-order valence-electron chi connectivity index (χ2n) is 6.95. The Morgan fingerprint density at radius 2 is 1.32 bits per heavy atom. The van der Waals surface area contributed by atoms with Crippen LogP contribution in [0.25, 0.3) is 6.08 Å². The summed E-state index contributed by atoms with van der Waals surface area (Å²) in [5.74, 6) is -0.304. The van der Waals surface area contributed by atoms with Gasteiger partial charge >= 0.3 is 0 Å². The SMILES string of the molecule is COc1cc(OC)cc(C(=O)NNC(=O)c2ccc(NS(=O)(=O)/C=C/c3ccccc3)cc2)c1. The molecule has 0 aliphatic rings. The van der Waals surface area contributed by atoms with Crippen LogP contribution in [-0.4, -0.2) is 34.5 Å². The summed E-state index contributed by atoms with van der Waals surface area (Å²) in [4.78, 5) is 24.7. The molecule has 3 aromatic carbocycles.